The summed E-state index contributed by atoms with van der Waals surface area (Å²) < 4.78 is 6.52. The molecule has 2 aromatic heterocycles. The molecule has 0 saturated carbocycles. The number of carbonyl (C=O) groups is 1. The molecule has 24 heavy (non-hydrogen) atoms. The molecule has 0 unspecified atom stereocenters. The van der Waals surface area contributed by atoms with Crippen LogP contribution in [-0.2, 0) is 11.2 Å². The zero-order valence-electron chi connectivity index (χ0n) is 12.9. The van der Waals surface area contributed by atoms with E-state index in [9.17, 15) is 4.79 Å². The Bertz CT molecular complexity index is 830. The number of nitrogens with one attached hydrogen (secondary N) is 1. The predicted octanol–water partition coefficient (Wildman–Crippen LogP) is 5.35. The fourth-order valence-electron chi connectivity index (χ4n) is 2.06. The largest absolute Gasteiger partial charge is 0.429 e. The minimum absolute atomic E-state index is 0.0784. The second-order valence-electron chi connectivity index (χ2n) is 4.91. The maximum absolute atomic E-state index is 12.1. The highest BCUT2D eigenvalue weighted by atomic mass is 35.5. The van der Waals surface area contributed by atoms with Crippen molar-refractivity contribution in [2.45, 2.75) is 18.4 Å². The van der Waals surface area contributed by atoms with Gasteiger partial charge in [-0.25, -0.2) is 4.98 Å². The van der Waals surface area contributed by atoms with E-state index in [-0.39, 0.29) is 11.7 Å². The molecule has 2 heterocycles. The van der Waals surface area contributed by atoms with Crippen LogP contribution in [0.1, 0.15) is 12.6 Å². The standard InChI is InChI=1S/C17H15ClN2O2S2/c1-2-12-17(22-16(20-12)13-8-9-14(18)24-13)23-10-15(21)19-11-6-4-3-5-7-11/h3-9H,2,10H2,1H3,(H,19,21). The van der Waals surface area contributed by atoms with E-state index in [0.29, 0.717) is 15.3 Å². The second-order valence-corrected chi connectivity index (χ2v) is 7.58. The van der Waals surface area contributed by atoms with Gasteiger partial charge in [-0.3, -0.25) is 4.79 Å². The summed E-state index contributed by atoms with van der Waals surface area (Å²) in [6.07, 6.45) is 0.741. The SMILES string of the molecule is CCc1nc(-c2ccc(Cl)s2)oc1SCC(=O)Nc1ccccc1. The first-order valence-corrected chi connectivity index (χ1v) is 9.57. The van der Waals surface area contributed by atoms with Crippen LogP contribution in [-0.4, -0.2) is 16.6 Å². The molecule has 1 amide bonds. The molecule has 3 aromatic rings. The van der Waals surface area contributed by atoms with Gasteiger partial charge in [-0.15, -0.1) is 11.3 Å². The first kappa shape index (κ1) is 17.1. The zero-order valence-corrected chi connectivity index (χ0v) is 15.3. The van der Waals surface area contributed by atoms with Crippen molar-refractivity contribution >= 4 is 46.3 Å². The van der Waals surface area contributed by atoms with Crippen LogP contribution in [0, 0.1) is 0 Å². The predicted molar refractivity (Wildman–Crippen MR) is 100.0 cm³/mol. The van der Waals surface area contributed by atoms with Gasteiger partial charge in [0.2, 0.25) is 11.8 Å². The molecule has 1 aromatic carbocycles. The number of thioether (sulfide) groups is 1. The van der Waals surface area contributed by atoms with Gasteiger partial charge in [0, 0.05) is 5.69 Å². The highest BCUT2D eigenvalue weighted by molar-refractivity contribution is 7.99. The van der Waals surface area contributed by atoms with E-state index in [1.165, 1.54) is 23.1 Å². The maximum atomic E-state index is 12.1. The molecule has 3 rings (SSSR count). The van der Waals surface area contributed by atoms with Gasteiger partial charge in [0.25, 0.3) is 0 Å². The van der Waals surface area contributed by atoms with Gasteiger partial charge in [-0.2, -0.15) is 0 Å². The molecule has 0 bridgehead atoms. The Balaban J connectivity index is 1.66. The number of nitrogens with zero attached hydrogens (tertiary/aromatic N) is 1. The summed E-state index contributed by atoms with van der Waals surface area (Å²) in [6, 6.07) is 13.1. The van der Waals surface area contributed by atoms with E-state index in [2.05, 4.69) is 10.3 Å². The van der Waals surface area contributed by atoms with Crippen molar-refractivity contribution < 1.29 is 9.21 Å². The molecule has 0 atom stereocenters. The molecular formula is C17H15ClN2O2S2. The van der Waals surface area contributed by atoms with Gasteiger partial charge in [0.1, 0.15) is 0 Å². The van der Waals surface area contributed by atoms with Crippen molar-refractivity contribution in [2.75, 3.05) is 11.1 Å². The van der Waals surface area contributed by atoms with Crippen LogP contribution < -0.4 is 5.32 Å². The fraction of sp³-hybridized carbons (Fsp3) is 0.176. The number of benzene rings is 1. The summed E-state index contributed by atoms with van der Waals surface area (Å²) >= 11 is 8.73. The number of hydrogen-bond donors (Lipinski definition) is 1. The van der Waals surface area contributed by atoms with E-state index in [1.54, 1.807) is 0 Å². The van der Waals surface area contributed by atoms with Crippen LogP contribution in [0.4, 0.5) is 5.69 Å². The number of halogens is 1. The highest BCUT2D eigenvalue weighted by Crippen LogP contribution is 2.34. The van der Waals surface area contributed by atoms with Crippen molar-refractivity contribution in [3.05, 3.63) is 52.5 Å². The Hall–Kier alpha value is -1.76. The number of aromatic nitrogens is 1. The third-order valence-electron chi connectivity index (χ3n) is 3.17. The fourth-order valence-corrected chi connectivity index (χ4v) is 3.86. The first-order chi connectivity index (χ1) is 11.7. The normalized spacial score (nSPS) is 10.8. The quantitative estimate of drug-likeness (QED) is 0.587. The van der Waals surface area contributed by atoms with E-state index >= 15 is 0 Å². The third kappa shape index (κ3) is 4.20. The summed E-state index contributed by atoms with van der Waals surface area (Å²) in [6.45, 7) is 2.01. The summed E-state index contributed by atoms with van der Waals surface area (Å²) in [5.74, 6) is 0.738. The molecule has 124 valence electrons. The average Bonchev–Trinajstić information content (AvgIpc) is 3.19. The molecular weight excluding hydrogens is 364 g/mol. The van der Waals surface area contributed by atoms with Crippen LogP contribution >= 0.6 is 34.7 Å². The minimum Gasteiger partial charge on any atom is -0.429 e. The average molecular weight is 379 g/mol. The van der Waals surface area contributed by atoms with Crippen LogP contribution in [0.2, 0.25) is 4.34 Å². The molecule has 7 heteroatoms. The first-order valence-electron chi connectivity index (χ1n) is 7.39. The van der Waals surface area contributed by atoms with Gasteiger partial charge in [0.05, 0.1) is 20.7 Å². The van der Waals surface area contributed by atoms with Crippen molar-refractivity contribution in [3.63, 3.8) is 0 Å². The lowest BCUT2D eigenvalue weighted by Crippen LogP contribution is -2.13. The molecule has 0 saturated heterocycles. The molecule has 0 fully saturated rings. The van der Waals surface area contributed by atoms with Crippen LogP contribution in [0.3, 0.4) is 0 Å². The lowest BCUT2D eigenvalue weighted by Gasteiger charge is -2.03. The van der Waals surface area contributed by atoms with Gasteiger partial charge in [0.15, 0.2) is 5.09 Å². The minimum atomic E-state index is -0.0784. The molecule has 1 N–H and O–H groups in total. The van der Waals surface area contributed by atoms with Crippen LogP contribution in [0.15, 0.2) is 52.0 Å². The van der Waals surface area contributed by atoms with E-state index in [1.807, 2.05) is 49.4 Å². The van der Waals surface area contributed by atoms with Crippen molar-refractivity contribution in [2.24, 2.45) is 0 Å². The second kappa shape index (κ2) is 7.88. The Morgan fingerprint density at radius 3 is 2.75 bits per heavy atom. The van der Waals surface area contributed by atoms with Gasteiger partial charge >= 0.3 is 0 Å². The third-order valence-corrected chi connectivity index (χ3v) is 5.38. The molecule has 0 radical (unpaired) electrons. The Morgan fingerprint density at radius 2 is 2.08 bits per heavy atom. The number of oxazole rings is 1. The Morgan fingerprint density at radius 1 is 1.29 bits per heavy atom. The number of thiophene rings is 1. The number of rotatable bonds is 6. The summed E-state index contributed by atoms with van der Waals surface area (Å²) in [5, 5.41) is 3.53. The Labute approximate surface area is 153 Å². The van der Waals surface area contributed by atoms with E-state index in [0.717, 1.165) is 22.7 Å². The molecule has 4 nitrogen and oxygen atoms in total. The molecule has 0 aliphatic heterocycles. The topological polar surface area (TPSA) is 55.1 Å². The number of carbonyl (C=O) groups excluding carboxylic acids is 1. The smallest absolute Gasteiger partial charge is 0.237 e. The van der Waals surface area contributed by atoms with Crippen molar-refractivity contribution in [1.82, 2.24) is 4.98 Å². The molecule has 0 spiro atoms. The zero-order chi connectivity index (χ0) is 16.9. The lowest BCUT2D eigenvalue weighted by atomic mass is 10.3. The van der Waals surface area contributed by atoms with Gasteiger partial charge < -0.3 is 9.73 Å². The summed E-state index contributed by atoms with van der Waals surface area (Å²) in [7, 11) is 0. The van der Waals surface area contributed by atoms with Crippen LogP contribution in [0.5, 0.6) is 0 Å². The summed E-state index contributed by atoms with van der Waals surface area (Å²) in [4.78, 5) is 17.4. The molecule has 0 aliphatic rings. The highest BCUT2D eigenvalue weighted by Gasteiger charge is 2.16. The van der Waals surface area contributed by atoms with Crippen LogP contribution in [0.25, 0.3) is 10.8 Å². The van der Waals surface area contributed by atoms with Gasteiger partial charge in [-0.1, -0.05) is 48.5 Å². The Kier molecular flexibility index (Phi) is 5.60. The number of para-hydroxylation sites is 1. The van der Waals surface area contributed by atoms with E-state index in [4.69, 9.17) is 16.0 Å². The van der Waals surface area contributed by atoms with Crippen molar-refractivity contribution in [1.29, 1.82) is 0 Å². The summed E-state index contributed by atoms with van der Waals surface area (Å²) in [5.41, 5.74) is 1.64. The number of anilines is 1. The maximum Gasteiger partial charge on any atom is 0.237 e. The molecule has 0 aliphatic carbocycles. The van der Waals surface area contributed by atoms with E-state index < -0.39 is 0 Å². The van der Waals surface area contributed by atoms with Gasteiger partial charge in [-0.05, 0) is 30.7 Å². The number of hydrogen-bond acceptors (Lipinski definition) is 5. The lowest BCUT2D eigenvalue weighted by molar-refractivity contribution is -0.113. The number of amides is 1. The number of aryl methyl sites for hydroxylation is 1. The monoisotopic (exact) mass is 378 g/mol. The van der Waals surface area contributed by atoms with Crippen molar-refractivity contribution in [3.8, 4) is 10.8 Å².